The number of H-pyrrole nitrogens is 1. The van der Waals surface area contributed by atoms with Gasteiger partial charge in [0, 0.05) is 59.8 Å². The number of methoxy groups -OCH3 is 2. The Morgan fingerprint density at radius 1 is 0.587 bits per heavy atom. The number of hydrogen-bond donors (Lipinski definition) is 2. The van der Waals surface area contributed by atoms with Gasteiger partial charge >= 0.3 is 12.4 Å². The fourth-order valence-electron chi connectivity index (χ4n) is 8.95. The van der Waals surface area contributed by atoms with Crippen LogP contribution >= 0.6 is 11.6 Å². The first kappa shape index (κ1) is 232. The minimum Gasteiger partial charge on any atom is -0.542 e. The number of quaternary nitrogens is 1. The van der Waals surface area contributed by atoms with E-state index in [4.69, 9.17) is 46.6 Å². The van der Waals surface area contributed by atoms with Crippen molar-refractivity contribution in [3.05, 3.63) is 117 Å². The largest absolute Gasteiger partial charge is 0.542 e. The predicted octanol–water partition coefficient (Wildman–Crippen LogP) is 30.2. The number of nitrogens with two attached hydrogens (primary N) is 1. The maximum atomic E-state index is 10.5. The van der Waals surface area contributed by atoms with Gasteiger partial charge < -0.3 is 39.9 Å². The zero-order valence-electron chi connectivity index (χ0n) is 35.0. The normalized spacial score (nSPS) is 11.6. The SMILES string of the molecule is C.C.C.C.C.C.C.C.C.C.C.C.C.C.C.C.C.C.C.C.C.C.C.C.C.C.C.C.C.C.C.C.C.C.C.C.C.C.C.C.COc1cc2c(cc1OC)C(c1ccccc1)[NH+](CCc1cn(CCCCC3=CC4Cc5[nH+]c6cc(Cl)ccc6c(N)c5C(C3)C4)nn1)CC2.O=C([O-])C(F)(F)F.O=C([O-])C(F)(F)F. The number of allylic oxidation sites excluding steroid dienone is 2. The van der Waals surface area contributed by atoms with E-state index in [1.165, 1.54) is 39.3 Å². The zero-order valence-corrected chi connectivity index (χ0v) is 35.7. The third kappa shape index (κ3) is 59.3. The molecule has 3 aromatic carbocycles. The summed E-state index contributed by atoms with van der Waals surface area (Å²) in [6.07, 6.45) is 2.88. The average molecular weight is 1560 g/mol. The molecular formula is C85H207ClF6N6O6. The molecule has 2 aliphatic carbocycles. The van der Waals surface area contributed by atoms with Gasteiger partial charge in [-0.1, -0.05) is 356 Å². The first-order valence-corrected chi connectivity index (χ1v) is 21.0. The molecule has 3 aliphatic rings. The molecule has 0 saturated carbocycles. The number of pyridine rings is 1. The molecule has 1 aliphatic heterocycles. The van der Waals surface area contributed by atoms with E-state index in [-0.39, 0.29) is 303 Å². The van der Waals surface area contributed by atoms with Crippen LogP contribution in [0.4, 0.5) is 32.0 Å². The first-order valence-electron chi connectivity index (χ1n) is 20.6. The van der Waals surface area contributed by atoms with Gasteiger partial charge in [0.1, 0.15) is 18.0 Å². The van der Waals surface area contributed by atoms with Gasteiger partial charge in [-0.25, -0.2) is 4.98 Å². The Hall–Kier alpha value is -5.88. The van der Waals surface area contributed by atoms with Crippen LogP contribution in [0.3, 0.4) is 0 Å². The first-order chi connectivity index (χ1) is 30.4. The van der Waals surface area contributed by atoms with Crippen molar-refractivity contribution >= 4 is 40.1 Å². The van der Waals surface area contributed by atoms with Crippen LogP contribution in [0.15, 0.2) is 78.5 Å². The van der Waals surface area contributed by atoms with E-state index in [0.717, 1.165) is 103 Å². The third-order valence-corrected chi connectivity index (χ3v) is 11.9. The molecular weight excluding hydrogens is 1350 g/mol. The summed E-state index contributed by atoms with van der Waals surface area (Å²) in [6.45, 7) is 2.93. The van der Waals surface area contributed by atoms with Crippen molar-refractivity contribution in [1.29, 1.82) is 0 Å². The van der Waals surface area contributed by atoms with Gasteiger partial charge in [-0.3, -0.25) is 4.68 Å². The summed E-state index contributed by atoms with van der Waals surface area (Å²) in [5, 5.41) is 28.5. The lowest BCUT2D eigenvalue weighted by molar-refractivity contribution is -0.927. The lowest BCUT2D eigenvalue weighted by Gasteiger charge is -2.35. The summed E-state index contributed by atoms with van der Waals surface area (Å²) >= 11 is 6.28. The molecule has 2 aromatic heterocycles. The summed E-state index contributed by atoms with van der Waals surface area (Å²) in [4.78, 5) is 22.8. The van der Waals surface area contributed by atoms with E-state index in [1.54, 1.807) is 19.8 Å². The third-order valence-electron chi connectivity index (χ3n) is 11.7. The molecule has 104 heavy (non-hydrogen) atoms. The minimum atomic E-state index is -5.19. The molecule has 0 fully saturated rings. The molecule has 2 bridgehead atoms. The zero-order chi connectivity index (χ0) is 46.3. The predicted molar refractivity (Wildman–Crippen MR) is 488 cm³/mol. The van der Waals surface area contributed by atoms with Crippen molar-refractivity contribution in [3.8, 4) is 11.5 Å². The minimum absolute atomic E-state index is 0. The number of halogens is 7. The van der Waals surface area contributed by atoms with E-state index in [0.29, 0.717) is 11.8 Å². The number of nitrogens with one attached hydrogen (secondary N) is 2. The molecule has 0 amide bonds. The Morgan fingerprint density at radius 3 is 1.40 bits per heavy atom. The topological polar surface area (TPSA) is 174 Å². The number of hydrogen-bond acceptors (Lipinski definition) is 9. The number of aromatic nitrogens is 4. The fourth-order valence-corrected chi connectivity index (χ4v) is 9.12. The number of fused-ring (bicyclic) bond motifs is 6. The van der Waals surface area contributed by atoms with Gasteiger partial charge in [0.05, 0.1) is 44.1 Å². The van der Waals surface area contributed by atoms with Crippen molar-refractivity contribution in [1.82, 2.24) is 15.0 Å². The molecule has 0 spiro atoms. The molecule has 12 nitrogen and oxygen atoms in total. The maximum Gasteiger partial charge on any atom is 0.430 e. The van der Waals surface area contributed by atoms with Gasteiger partial charge in [0.2, 0.25) is 5.52 Å². The Kier molecular flexibility index (Phi) is 226. The molecule has 19 heteroatoms. The molecule has 3 heterocycles. The highest BCUT2D eigenvalue weighted by molar-refractivity contribution is 6.31. The van der Waals surface area contributed by atoms with Crippen LogP contribution in [-0.4, -0.2) is 66.6 Å². The van der Waals surface area contributed by atoms with Crippen LogP contribution in [-0.2, 0) is 35.4 Å². The van der Waals surface area contributed by atoms with Crippen molar-refractivity contribution < 1.29 is 65.5 Å². The second-order valence-electron chi connectivity index (χ2n) is 16.0. The van der Waals surface area contributed by atoms with Gasteiger partial charge in [-0.2, -0.15) is 26.3 Å². The lowest BCUT2D eigenvalue weighted by atomic mass is 9.70. The molecule has 0 radical (unpaired) electrons. The standard InChI is InChI=1S/C41H45ClN6O2.2C2HF3O2.40CH4/c1-49-37-22-29-13-16-47(41(28-9-4-3-5-10-28)34(29)24-38(37)50-2)17-14-32-25-48(46-45-32)15-7-6-8-26-18-27-20-30(19-26)39-36(21-27)44-35-23-31(42)11-12-33(35)40(39)43;2*3-2(4,5)1(6)7;;;;;;;;;;;;;;;;;;;;;;;;;;;;;;;;;;;;;;;;/h3-5,9-12,18,22-25,27,30,41H,6-8,13-17,19-21H2,1-2H3,(H2,43,44);2*(H,6,7);40*1H4. The molecule has 4 unspecified atom stereocenters. The molecule has 0 saturated heterocycles. The summed E-state index contributed by atoms with van der Waals surface area (Å²) in [5.41, 5.74) is 18.0. The van der Waals surface area contributed by atoms with E-state index in [9.17, 15) is 26.3 Å². The van der Waals surface area contributed by atoms with Gasteiger partial charge in [-0.05, 0) is 73.8 Å². The number of carboxylic acids is 2. The highest BCUT2D eigenvalue weighted by Gasteiger charge is 2.37. The number of aryl methyl sites for hydroxylation is 1. The van der Waals surface area contributed by atoms with Crippen molar-refractivity contribution in [2.45, 2.75) is 379 Å². The summed E-state index contributed by atoms with van der Waals surface area (Å²) in [5.74, 6) is -3.37. The number of nitrogens with zero attached hydrogens (tertiary/aromatic N) is 3. The number of unbranched alkanes of at least 4 members (excludes halogenated alkanes) is 1. The molecule has 5 aromatic rings. The molecule has 4 N–H and O–H groups in total. The van der Waals surface area contributed by atoms with Crippen molar-refractivity contribution in [3.63, 3.8) is 0 Å². The van der Waals surface area contributed by atoms with Crippen LogP contribution in [0.5, 0.6) is 11.5 Å². The average Bonchev–Trinajstić information content (AvgIpc) is 3.71. The number of ether oxygens (including phenoxy) is 2. The Labute approximate surface area is 664 Å². The molecule has 4 atom stereocenters. The van der Waals surface area contributed by atoms with E-state index in [2.05, 4.69) is 76.1 Å². The monoisotopic (exact) mass is 1560 g/mol. The van der Waals surface area contributed by atoms with E-state index in [1.807, 2.05) is 16.8 Å². The number of aromatic amines is 1. The number of anilines is 1. The number of nitrogen functional groups attached to an aromatic ring is 1. The second-order valence-corrected chi connectivity index (χ2v) is 16.4. The van der Waals surface area contributed by atoms with Crippen molar-refractivity contribution in [2.24, 2.45) is 5.92 Å². The molecule has 8 rings (SSSR count). The maximum absolute atomic E-state index is 10.5. The smallest absolute Gasteiger partial charge is 0.430 e. The van der Waals surface area contributed by atoms with Crippen LogP contribution in [0.25, 0.3) is 10.9 Å². The number of aliphatic carboxylic acids is 2. The summed E-state index contributed by atoms with van der Waals surface area (Å²) in [7, 11) is 3.42. The van der Waals surface area contributed by atoms with Gasteiger partial charge in [0.25, 0.3) is 0 Å². The number of alkyl halides is 6. The summed E-state index contributed by atoms with van der Waals surface area (Å²) < 4.78 is 76.5. The van der Waals surface area contributed by atoms with E-state index >= 15 is 0 Å². The number of carboxylic acid groups (broad SMARTS) is 2. The lowest BCUT2D eigenvalue weighted by Crippen LogP contribution is -3.13. The highest BCUT2D eigenvalue weighted by atomic mass is 35.5. The van der Waals surface area contributed by atoms with Crippen LogP contribution in [0.1, 0.15) is 375 Å². The second kappa shape index (κ2) is 101. The van der Waals surface area contributed by atoms with Gasteiger partial charge in [0.15, 0.2) is 17.2 Å². The van der Waals surface area contributed by atoms with Crippen LogP contribution in [0, 0.1) is 5.92 Å². The Balaban J connectivity index is -0.0000000247. The quantitative estimate of drug-likeness (QED) is 0.0741. The number of carbonyl (C=O) groups excluding carboxylic acids is 2. The highest BCUT2D eigenvalue weighted by Crippen LogP contribution is 2.46. The Bertz CT molecular complexity index is 2470. The number of rotatable bonds is 11. The van der Waals surface area contributed by atoms with E-state index < -0.39 is 24.3 Å². The number of carbonyl (C=O) groups is 2. The Morgan fingerprint density at radius 2 is 1.00 bits per heavy atom. The number of benzene rings is 3. The summed E-state index contributed by atoms with van der Waals surface area (Å²) in [6, 6.07) is 21.4. The molecule has 662 valence electrons. The van der Waals surface area contributed by atoms with Crippen LogP contribution < -0.4 is 35.3 Å². The van der Waals surface area contributed by atoms with Crippen molar-refractivity contribution in [2.75, 3.05) is 33.0 Å². The fraction of sp³-hybridized carbons (Fsp3) is 0.682. The van der Waals surface area contributed by atoms with Crippen LogP contribution in [0.2, 0.25) is 5.02 Å². The van der Waals surface area contributed by atoms with Gasteiger partial charge in [-0.15, -0.1) is 5.10 Å².